The fraction of sp³-hybridized carbons (Fsp3) is 0.500. The molecule has 0 aliphatic carbocycles. The molecule has 2 amide bonds. The zero-order valence-corrected chi connectivity index (χ0v) is 16.7. The van der Waals surface area contributed by atoms with Gasteiger partial charge in [-0.1, -0.05) is 6.07 Å². The lowest BCUT2D eigenvalue weighted by Crippen LogP contribution is -2.41. The average molecular weight is 438 g/mol. The van der Waals surface area contributed by atoms with E-state index in [9.17, 15) is 31.9 Å². The van der Waals surface area contributed by atoms with Gasteiger partial charge in [0.1, 0.15) is 12.1 Å². The number of carbonyl (C=O) groups excluding carboxylic acids is 3. The molecule has 0 unspecified atom stereocenters. The number of halogens is 4. The summed E-state index contributed by atoms with van der Waals surface area (Å²) in [5.74, 6) is -3.98. The van der Waals surface area contributed by atoms with Gasteiger partial charge in [-0.05, 0) is 38.5 Å². The van der Waals surface area contributed by atoms with Crippen molar-refractivity contribution >= 4 is 18.0 Å². The first-order valence-electron chi connectivity index (χ1n) is 8.58. The van der Waals surface area contributed by atoms with Gasteiger partial charge in [0, 0.05) is 0 Å². The second-order valence-corrected chi connectivity index (χ2v) is 6.99. The summed E-state index contributed by atoms with van der Waals surface area (Å²) in [6.45, 7) is 4.32. The van der Waals surface area contributed by atoms with Crippen LogP contribution in [0.15, 0.2) is 18.2 Å². The molecule has 0 bridgehead atoms. The molecule has 30 heavy (non-hydrogen) atoms. The van der Waals surface area contributed by atoms with Crippen molar-refractivity contribution in [3.05, 3.63) is 29.6 Å². The number of hydrogen-bond acceptors (Lipinski definition) is 6. The summed E-state index contributed by atoms with van der Waals surface area (Å²) in [7, 11) is 1.08. The molecule has 168 valence electrons. The van der Waals surface area contributed by atoms with Crippen molar-refractivity contribution in [1.29, 1.82) is 0 Å². The number of amides is 2. The number of rotatable bonds is 7. The van der Waals surface area contributed by atoms with Crippen LogP contribution < -0.4 is 15.4 Å². The van der Waals surface area contributed by atoms with Gasteiger partial charge in [-0.3, -0.25) is 9.59 Å². The van der Waals surface area contributed by atoms with Crippen LogP contribution in [0.2, 0.25) is 0 Å². The van der Waals surface area contributed by atoms with E-state index in [1.807, 2.05) is 0 Å². The van der Waals surface area contributed by atoms with E-state index >= 15 is 0 Å². The Bertz CT molecular complexity index is 777. The second kappa shape index (κ2) is 10.1. The highest BCUT2D eigenvalue weighted by atomic mass is 19.4. The number of alkyl carbamates (subject to hydrolysis) is 1. The van der Waals surface area contributed by atoms with Crippen molar-refractivity contribution in [2.24, 2.45) is 0 Å². The van der Waals surface area contributed by atoms with E-state index in [1.54, 1.807) is 20.8 Å². The Balaban J connectivity index is 2.94. The van der Waals surface area contributed by atoms with Gasteiger partial charge >= 0.3 is 18.4 Å². The molecule has 8 nitrogen and oxygen atoms in total. The summed E-state index contributed by atoms with van der Waals surface area (Å²) >= 11 is 0. The molecule has 12 heteroatoms. The molecule has 1 aromatic rings. The summed E-state index contributed by atoms with van der Waals surface area (Å²) in [5, 5.41) is 4.55. The maximum absolute atomic E-state index is 13.6. The van der Waals surface area contributed by atoms with Crippen LogP contribution in [0.4, 0.5) is 22.4 Å². The molecule has 2 N–H and O–H groups in total. The van der Waals surface area contributed by atoms with Crippen LogP contribution in [0.3, 0.4) is 0 Å². The van der Waals surface area contributed by atoms with Gasteiger partial charge in [-0.2, -0.15) is 0 Å². The average Bonchev–Trinajstić information content (AvgIpc) is 2.58. The summed E-state index contributed by atoms with van der Waals surface area (Å²) in [6.07, 6.45) is -6.48. The first-order chi connectivity index (χ1) is 13.7. The molecule has 1 rings (SSSR count). The third-order valence-corrected chi connectivity index (χ3v) is 3.31. The van der Waals surface area contributed by atoms with Gasteiger partial charge in [-0.25, -0.2) is 9.18 Å². The Morgan fingerprint density at radius 1 is 1.13 bits per heavy atom. The first kappa shape index (κ1) is 25.0. The summed E-state index contributed by atoms with van der Waals surface area (Å²) < 4.78 is 64.0. The molecule has 0 aliphatic rings. The van der Waals surface area contributed by atoms with Crippen LogP contribution in [0, 0.1) is 5.82 Å². The van der Waals surface area contributed by atoms with Crippen molar-refractivity contribution in [3.63, 3.8) is 0 Å². The van der Waals surface area contributed by atoms with Crippen molar-refractivity contribution in [3.8, 4) is 5.75 Å². The van der Waals surface area contributed by atoms with Crippen LogP contribution in [0.1, 0.15) is 38.8 Å². The number of nitrogens with one attached hydrogen (secondary N) is 2. The van der Waals surface area contributed by atoms with E-state index in [2.05, 4.69) is 20.1 Å². The zero-order chi connectivity index (χ0) is 23.1. The number of ether oxygens (including phenoxy) is 3. The van der Waals surface area contributed by atoms with Gasteiger partial charge in [0.2, 0.25) is 5.91 Å². The Morgan fingerprint density at radius 3 is 2.30 bits per heavy atom. The number of hydrogen-bond donors (Lipinski definition) is 2. The third-order valence-electron chi connectivity index (χ3n) is 3.31. The molecular formula is C18H22F4N2O6. The topological polar surface area (TPSA) is 103 Å². The van der Waals surface area contributed by atoms with E-state index in [4.69, 9.17) is 4.74 Å². The van der Waals surface area contributed by atoms with Gasteiger partial charge in [-0.15, -0.1) is 13.2 Å². The van der Waals surface area contributed by atoms with Crippen LogP contribution in [0.5, 0.6) is 5.75 Å². The maximum Gasteiger partial charge on any atom is 0.573 e. The minimum absolute atomic E-state index is 0.0494. The van der Waals surface area contributed by atoms with Gasteiger partial charge in [0.15, 0.2) is 11.6 Å². The first-order valence-corrected chi connectivity index (χ1v) is 8.58. The SMILES string of the molecule is COC(=O)C[C@H](NC(=O)CNC(=O)OC(C)(C)C)c1ccc(F)c(OC(F)(F)F)c1. The normalized spacial score (nSPS) is 12.5. The smallest absolute Gasteiger partial charge is 0.469 e. The van der Waals surface area contributed by atoms with E-state index in [-0.39, 0.29) is 5.56 Å². The number of methoxy groups -OCH3 is 1. The quantitative estimate of drug-likeness (QED) is 0.501. The monoisotopic (exact) mass is 438 g/mol. The van der Waals surface area contributed by atoms with Crippen LogP contribution >= 0.6 is 0 Å². The zero-order valence-electron chi connectivity index (χ0n) is 16.7. The van der Waals surface area contributed by atoms with Crippen molar-refractivity contribution in [2.45, 2.75) is 45.2 Å². The third kappa shape index (κ3) is 9.43. The highest BCUT2D eigenvalue weighted by Gasteiger charge is 2.33. The van der Waals surface area contributed by atoms with E-state index in [0.29, 0.717) is 12.1 Å². The van der Waals surface area contributed by atoms with Crippen molar-refractivity contribution in [2.75, 3.05) is 13.7 Å². The Labute approximate surface area is 169 Å². The Kier molecular flexibility index (Phi) is 8.43. The van der Waals surface area contributed by atoms with E-state index in [1.165, 1.54) is 0 Å². The molecule has 0 heterocycles. The largest absolute Gasteiger partial charge is 0.573 e. The minimum atomic E-state index is -5.14. The summed E-state index contributed by atoms with van der Waals surface area (Å²) in [6, 6.07) is 1.30. The lowest BCUT2D eigenvalue weighted by molar-refractivity contribution is -0.275. The molecule has 1 atom stereocenters. The predicted octanol–water partition coefficient (Wildman–Crippen LogP) is 2.97. The lowest BCUT2D eigenvalue weighted by atomic mass is 10.0. The van der Waals surface area contributed by atoms with Crippen molar-refractivity contribution in [1.82, 2.24) is 10.6 Å². The maximum atomic E-state index is 13.6. The van der Waals surface area contributed by atoms with E-state index in [0.717, 1.165) is 13.2 Å². The predicted molar refractivity (Wildman–Crippen MR) is 94.8 cm³/mol. The second-order valence-electron chi connectivity index (χ2n) is 6.99. The van der Waals surface area contributed by atoms with Gasteiger partial charge in [0.25, 0.3) is 0 Å². The molecule has 0 fully saturated rings. The molecule has 0 aromatic heterocycles. The molecule has 0 spiro atoms. The Morgan fingerprint density at radius 2 is 1.77 bits per heavy atom. The number of benzene rings is 1. The highest BCUT2D eigenvalue weighted by Crippen LogP contribution is 2.29. The Hall–Kier alpha value is -3.05. The fourth-order valence-corrected chi connectivity index (χ4v) is 2.15. The summed E-state index contributed by atoms with van der Waals surface area (Å²) in [5.41, 5.74) is -0.844. The van der Waals surface area contributed by atoms with Crippen LogP contribution in [-0.2, 0) is 19.1 Å². The highest BCUT2D eigenvalue weighted by molar-refractivity contribution is 5.83. The van der Waals surface area contributed by atoms with Crippen LogP contribution in [-0.4, -0.2) is 43.6 Å². The van der Waals surface area contributed by atoms with Gasteiger partial charge < -0.3 is 24.8 Å². The molecule has 0 aliphatic heterocycles. The number of carbonyl (C=O) groups is 3. The van der Waals surface area contributed by atoms with Crippen molar-refractivity contribution < 1.29 is 46.2 Å². The molecule has 1 aromatic carbocycles. The van der Waals surface area contributed by atoms with Crippen LogP contribution in [0.25, 0.3) is 0 Å². The lowest BCUT2D eigenvalue weighted by Gasteiger charge is -2.21. The number of esters is 1. The fourth-order valence-electron chi connectivity index (χ4n) is 2.15. The standard InChI is InChI=1S/C18H22F4N2O6/c1-17(2,3)30-16(27)23-9-14(25)24-12(8-15(26)28-4)10-5-6-11(19)13(7-10)29-18(20,21)22/h5-7,12H,8-9H2,1-4H3,(H,23,27)(H,24,25)/t12-/m0/s1. The minimum Gasteiger partial charge on any atom is -0.469 e. The van der Waals surface area contributed by atoms with E-state index < -0.39 is 60.5 Å². The molecule has 0 saturated heterocycles. The molecule has 0 saturated carbocycles. The number of alkyl halides is 3. The summed E-state index contributed by atoms with van der Waals surface area (Å²) in [4.78, 5) is 35.4. The molecular weight excluding hydrogens is 416 g/mol. The van der Waals surface area contributed by atoms with Gasteiger partial charge in [0.05, 0.1) is 19.6 Å². The molecule has 0 radical (unpaired) electrons.